The topological polar surface area (TPSA) is 125 Å². The first-order valence-corrected chi connectivity index (χ1v) is 10.3. The van der Waals surface area contributed by atoms with Crippen molar-refractivity contribution in [1.82, 2.24) is 0 Å². The van der Waals surface area contributed by atoms with Gasteiger partial charge in [-0.3, -0.25) is 0 Å². The van der Waals surface area contributed by atoms with E-state index in [0.29, 0.717) is 13.0 Å². The molecule has 0 aromatic carbocycles. The van der Waals surface area contributed by atoms with Crippen LogP contribution in [-0.2, 0) is 33.2 Å². The maximum absolute atomic E-state index is 9.82. The summed E-state index contributed by atoms with van der Waals surface area (Å²) >= 11 is 0. The van der Waals surface area contributed by atoms with E-state index in [2.05, 4.69) is 0 Å². The van der Waals surface area contributed by atoms with Gasteiger partial charge < -0.3 is 48.5 Å². The molecule has 3 N–H and O–H groups in total. The minimum absolute atomic E-state index is 0.148. The molecule has 3 fully saturated rings. The lowest BCUT2D eigenvalue weighted by Crippen LogP contribution is -2.52. The molecule has 8 atom stereocenters. The van der Waals surface area contributed by atoms with Crippen molar-refractivity contribution in [3.05, 3.63) is 0 Å². The van der Waals surface area contributed by atoms with Crippen molar-refractivity contribution in [2.24, 2.45) is 0 Å². The number of ether oxygens (including phenoxy) is 7. The number of aliphatic hydroxyl groups is 3. The first-order valence-electron chi connectivity index (χ1n) is 10.3. The lowest BCUT2D eigenvalue weighted by atomic mass is 10.0. The number of methoxy groups -OCH3 is 2. The summed E-state index contributed by atoms with van der Waals surface area (Å²) in [6.07, 6.45) is -3.25. The minimum atomic E-state index is -0.932. The Morgan fingerprint density at radius 1 is 1.03 bits per heavy atom. The summed E-state index contributed by atoms with van der Waals surface area (Å²) in [5.41, 5.74) is 0. The second-order valence-corrected chi connectivity index (χ2v) is 8.56. The fraction of sp³-hybridized carbons (Fsp3) is 1.00. The normalized spacial score (nSPS) is 39.0. The van der Waals surface area contributed by atoms with E-state index in [1.165, 1.54) is 14.2 Å². The van der Waals surface area contributed by atoms with Gasteiger partial charge in [-0.2, -0.15) is 0 Å². The van der Waals surface area contributed by atoms with Crippen molar-refractivity contribution in [3.63, 3.8) is 0 Å². The molecule has 3 aliphatic rings. The third kappa shape index (κ3) is 6.10. The van der Waals surface area contributed by atoms with Crippen LogP contribution >= 0.6 is 0 Å². The van der Waals surface area contributed by atoms with Gasteiger partial charge in [0.15, 0.2) is 17.9 Å². The molecule has 3 heterocycles. The Morgan fingerprint density at radius 2 is 1.67 bits per heavy atom. The highest BCUT2D eigenvalue weighted by Crippen LogP contribution is 2.35. The highest BCUT2D eigenvalue weighted by Gasteiger charge is 2.51. The Kier molecular flexibility index (Phi) is 9.03. The number of fused-ring (bicyclic) bond motifs is 1. The van der Waals surface area contributed by atoms with E-state index in [-0.39, 0.29) is 18.8 Å². The lowest BCUT2D eigenvalue weighted by Gasteiger charge is -2.33. The Bertz CT molecular complexity index is 528. The van der Waals surface area contributed by atoms with Gasteiger partial charge in [-0.25, -0.2) is 0 Å². The molecule has 7 unspecified atom stereocenters. The highest BCUT2D eigenvalue weighted by molar-refractivity contribution is 4.92. The molecule has 0 spiro atoms. The standard InChI is InChI=1S/C11H22O5.C9H16O5/c1-5-7(13)9(14-4)10-8(6-12)15-11(2,3)16-10;1-9(2)13-5-4-12-8(10)7(11-3)6(5)14-9/h7-10,12-13H,5-6H2,1-4H3;5-8,10H,4H2,1-3H3/t7-,8?,9?,10?;/m0./s1. The van der Waals surface area contributed by atoms with Gasteiger partial charge >= 0.3 is 0 Å². The number of hydrogen-bond acceptors (Lipinski definition) is 10. The zero-order chi connectivity index (χ0) is 22.7. The smallest absolute Gasteiger partial charge is 0.183 e. The first-order chi connectivity index (χ1) is 14.0. The monoisotopic (exact) mass is 438 g/mol. The van der Waals surface area contributed by atoms with Gasteiger partial charge in [0.2, 0.25) is 0 Å². The molecule has 178 valence electrons. The number of rotatable bonds is 6. The molecule has 30 heavy (non-hydrogen) atoms. The summed E-state index contributed by atoms with van der Waals surface area (Å²) in [5.74, 6) is -1.37. The summed E-state index contributed by atoms with van der Waals surface area (Å²) in [4.78, 5) is 0. The number of aliphatic hydroxyl groups excluding tert-OH is 3. The van der Waals surface area contributed by atoms with Crippen LogP contribution in [0.1, 0.15) is 41.0 Å². The quantitative estimate of drug-likeness (QED) is 0.528. The van der Waals surface area contributed by atoms with Crippen LogP contribution in [0.3, 0.4) is 0 Å². The van der Waals surface area contributed by atoms with Crippen LogP contribution in [0.4, 0.5) is 0 Å². The van der Waals surface area contributed by atoms with Crippen LogP contribution in [0.25, 0.3) is 0 Å². The van der Waals surface area contributed by atoms with E-state index >= 15 is 0 Å². The Hall–Kier alpha value is -0.400. The van der Waals surface area contributed by atoms with Crippen molar-refractivity contribution in [1.29, 1.82) is 0 Å². The molecule has 3 rings (SSSR count). The average molecular weight is 439 g/mol. The van der Waals surface area contributed by atoms with Crippen LogP contribution in [0.15, 0.2) is 0 Å². The zero-order valence-corrected chi connectivity index (χ0v) is 18.9. The van der Waals surface area contributed by atoms with Crippen LogP contribution in [0, 0.1) is 0 Å². The summed E-state index contributed by atoms with van der Waals surface area (Å²) in [6, 6.07) is 0. The summed E-state index contributed by atoms with van der Waals surface area (Å²) in [6.45, 7) is 9.29. The van der Waals surface area contributed by atoms with Gasteiger partial charge in [0.25, 0.3) is 0 Å². The molecular formula is C20H38O10. The van der Waals surface area contributed by atoms with Crippen molar-refractivity contribution >= 4 is 0 Å². The summed E-state index contributed by atoms with van der Waals surface area (Å²) < 4.78 is 37.9. The van der Waals surface area contributed by atoms with Gasteiger partial charge in [0, 0.05) is 14.2 Å². The van der Waals surface area contributed by atoms with Crippen LogP contribution < -0.4 is 0 Å². The molecule has 0 aromatic rings. The molecule has 0 radical (unpaired) electrons. The third-order valence-corrected chi connectivity index (χ3v) is 5.32. The van der Waals surface area contributed by atoms with Crippen molar-refractivity contribution in [2.45, 2.75) is 102 Å². The Balaban J connectivity index is 0.000000215. The highest BCUT2D eigenvalue weighted by atomic mass is 16.8. The summed E-state index contributed by atoms with van der Waals surface area (Å²) in [7, 11) is 3.04. The molecule has 0 aromatic heterocycles. The van der Waals surface area contributed by atoms with E-state index in [1.54, 1.807) is 13.8 Å². The average Bonchev–Trinajstić information content (AvgIpc) is 3.16. The maximum Gasteiger partial charge on any atom is 0.183 e. The van der Waals surface area contributed by atoms with E-state index in [9.17, 15) is 15.3 Å². The molecule has 3 saturated heterocycles. The molecule has 0 aliphatic carbocycles. The van der Waals surface area contributed by atoms with Gasteiger partial charge in [0.1, 0.15) is 36.6 Å². The predicted octanol–water partition coefficient (Wildman–Crippen LogP) is 0.155. The zero-order valence-electron chi connectivity index (χ0n) is 18.9. The van der Waals surface area contributed by atoms with Gasteiger partial charge in [-0.15, -0.1) is 0 Å². The Morgan fingerprint density at radius 3 is 2.20 bits per heavy atom. The molecule has 0 bridgehead atoms. The molecule has 0 amide bonds. The molecule has 10 nitrogen and oxygen atoms in total. The van der Waals surface area contributed by atoms with E-state index in [4.69, 9.17) is 33.2 Å². The second kappa shape index (κ2) is 10.5. The van der Waals surface area contributed by atoms with E-state index in [0.717, 1.165) is 0 Å². The van der Waals surface area contributed by atoms with Gasteiger partial charge in [-0.05, 0) is 34.1 Å². The third-order valence-electron chi connectivity index (χ3n) is 5.32. The van der Waals surface area contributed by atoms with Crippen molar-refractivity contribution in [2.75, 3.05) is 27.4 Å². The van der Waals surface area contributed by atoms with Crippen LogP contribution in [-0.4, -0.2) is 103 Å². The SMILES string of the molecule is CC[C@H](O)C(OC)C1OC(C)(C)OC1CO.COC1C(O)OCC2OC(C)(C)OC21. The van der Waals surface area contributed by atoms with Crippen LogP contribution in [0.2, 0.25) is 0 Å². The first kappa shape index (κ1) is 25.9. The van der Waals surface area contributed by atoms with Crippen molar-refractivity contribution in [3.8, 4) is 0 Å². The summed E-state index contributed by atoms with van der Waals surface area (Å²) in [5, 5.41) is 28.5. The van der Waals surface area contributed by atoms with Gasteiger partial charge in [0.05, 0.1) is 19.3 Å². The number of hydrogen-bond donors (Lipinski definition) is 3. The largest absolute Gasteiger partial charge is 0.394 e. The minimum Gasteiger partial charge on any atom is -0.394 e. The fourth-order valence-corrected chi connectivity index (χ4v) is 4.00. The molecule has 3 aliphatic heterocycles. The van der Waals surface area contributed by atoms with E-state index in [1.807, 2.05) is 20.8 Å². The molecule has 10 heteroatoms. The van der Waals surface area contributed by atoms with Gasteiger partial charge in [-0.1, -0.05) is 6.92 Å². The predicted molar refractivity (Wildman–Crippen MR) is 105 cm³/mol. The lowest BCUT2D eigenvalue weighted by molar-refractivity contribution is -0.238. The second-order valence-electron chi connectivity index (χ2n) is 8.56. The van der Waals surface area contributed by atoms with Crippen LogP contribution in [0.5, 0.6) is 0 Å². The molecule has 0 saturated carbocycles. The maximum atomic E-state index is 9.82. The fourth-order valence-electron chi connectivity index (χ4n) is 4.00. The molecular weight excluding hydrogens is 400 g/mol. The van der Waals surface area contributed by atoms with Crippen molar-refractivity contribution < 1.29 is 48.5 Å². The van der Waals surface area contributed by atoms with E-state index < -0.39 is 48.4 Å². The Labute approximate surface area is 178 Å².